The lowest BCUT2D eigenvalue weighted by molar-refractivity contribution is 0.214. The summed E-state index contributed by atoms with van der Waals surface area (Å²) in [5, 5.41) is 12.2. The largest absolute Gasteiger partial charge is 0.496 e. The van der Waals surface area contributed by atoms with Crippen LogP contribution < -0.4 is 4.74 Å². The molecule has 1 unspecified atom stereocenters. The maximum absolute atomic E-state index is 10.3. The summed E-state index contributed by atoms with van der Waals surface area (Å²) in [6.45, 7) is 0. The number of methoxy groups -OCH3 is 1. The van der Waals surface area contributed by atoms with Crippen LogP contribution in [0.25, 0.3) is 0 Å². The Balaban J connectivity index is 2.10. The van der Waals surface area contributed by atoms with Gasteiger partial charge in [0.2, 0.25) is 0 Å². The summed E-state index contributed by atoms with van der Waals surface area (Å²) in [4.78, 5) is 0.991. The minimum absolute atomic E-state index is 0.424. The third-order valence-corrected chi connectivity index (χ3v) is 3.99. The minimum Gasteiger partial charge on any atom is -0.496 e. The van der Waals surface area contributed by atoms with Gasteiger partial charge < -0.3 is 9.84 Å². The fourth-order valence-electron chi connectivity index (χ4n) is 2.06. The highest BCUT2D eigenvalue weighted by atomic mass is 32.1. The lowest BCUT2D eigenvalue weighted by Crippen LogP contribution is -1.99. The van der Waals surface area contributed by atoms with Gasteiger partial charge in [-0.1, -0.05) is 12.5 Å². The maximum Gasteiger partial charge on any atom is 0.129 e. The van der Waals surface area contributed by atoms with Crippen molar-refractivity contribution >= 4 is 11.3 Å². The zero-order chi connectivity index (χ0) is 11.4. The molecule has 1 aliphatic carbocycles. The molecule has 0 bridgehead atoms. The van der Waals surface area contributed by atoms with Crippen molar-refractivity contribution in [3.63, 3.8) is 0 Å². The van der Waals surface area contributed by atoms with E-state index in [2.05, 4.69) is 6.08 Å². The van der Waals surface area contributed by atoms with E-state index in [9.17, 15) is 5.11 Å². The van der Waals surface area contributed by atoms with Gasteiger partial charge >= 0.3 is 0 Å². The van der Waals surface area contributed by atoms with Crippen molar-refractivity contribution in [3.8, 4) is 5.75 Å². The Morgan fingerprint density at radius 1 is 1.38 bits per heavy atom. The van der Waals surface area contributed by atoms with E-state index in [1.807, 2.05) is 11.4 Å². The molecule has 2 rings (SSSR count). The van der Waals surface area contributed by atoms with Crippen molar-refractivity contribution in [1.29, 1.82) is 0 Å². The van der Waals surface area contributed by atoms with E-state index >= 15 is 0 Å². The van der Waals surface area contributed by atoms with Crippen molar-refractivity contribution < 1.29 is 9.84 Å². The van der Waals surface area contributed by atoms with Crippen LogP contribution in [0, 0.1) is 0 Å². The standard InChI is InChI=1S/C13H18O2S/c1-15-11-8-12(16-9-11)13(14)10-6-4-2-3-5-7-10/h6,8-9,13-14H,2-5,7H2,1H3. The lowest BCUT2D eigenvalue weighted by Gasteiger charge is -2.12. The summed E-state index contributed by atoms with van der Waals surface area (Å²) in [5.74, 6) is 0.841. The molecule has 1 aliphatic rings. The SMILES string of the molecule is COc1csc(C(O)C2=CCCCCC2)c1. The molecule has 1 atom stereocenters. The number of hydrogen-bond donors (Lipinski definition) is 1. The van der Waals surface area contributed by atoms with Crippen molar-refractivity contribution in [2.75, 3.05) is 7.11 Å². The molecule has 0 aliphatic heterocycles. The Labute approximate surface area is 101 Å². The average Bonchev–Trinajstić information content (AvgIpc) is 2.62. The van der Waals surface area contributed by atoms with Crippen molar-refractivity contribution in [3.05, 3.63) is 28.0 Å². The van der Waals surface area contributed by atoms with Gasteiger partial charge in [0.25, 0.3) is 0 Å². The molecule has 16 heavy (non-hydrogen) atoms. The molecule has 0 amide bonds. The Bertz CT molecular complexity index is 368. The van der Waals surface area contributed by atoms with Crippen LogP contribution in [0.3, 0.4) is 0 Å². The Morgan fingerprint density at radius 3 is 3.00 bits per heavy atom. The third kappa shape index (κ3) is 2.66. The van der Waals surface area contributed by atoms with E-state index in [4.69, 9.17) is 4.74 Å². The number of rotatable bonds is 3. The van der Waals surface area contributed by atoms with Crippen molar-refractivity contribution in [2.24, 2.45) is 0 Å². The summed E-state index contributed by atoms with van der Waals surface area (Å²) in [5.41, 5.74) is 1.18. The first-order valence-corrected chi connectivity index (χ1v) is 6.68. The van der Waals surface area contributed by atoms with Crippen LogP contribution in [0.15, 0.2) is 23.1 Å². The van der Waals surface area contributed by atoms with E-state index in [1.165, 1.54) is 24.8 Å². The van der Waals surface area contributed by atoms with Gasteiger partial charge in [0.15, 0.2) is 0 Å². The predicted molar refractivity (Wildman–Crippen MR) is 67.0 cm³/mol. The number of allylic oxidation sites excluding steroid dienone is 1. The van der Waals surface area contributed by atoms with E-state index in [1.54, 1.807) is 18.4 Å². The topological polar surface area (TPSA) is 29.5 Å². The van der Waals surface area contributed by atoms with E-state index < -0.39 is 6.10 Å². The summed E-state index contributed by atoms with van der Waals surface area (Å²) >= 11 is 1.57. The summed E-state index contributed by atoms with van der Waals surface area (Å²) in [6.07, 6.45) is 7.66. The molecule has 0 radical (unpaired) electrons. The molecule has 3 heteroatoms. The van der Waals surface area contributed by atoms with E-state index in [-0.39, 0.29) is 0 Å². The second-order valence-corrected chi connectivity index (χ2v) is 5.11. The van der Waals surface area contributed by atoms with Crippen LogP contribution in [0.1, 0.15) is 43.1 Å². The van der Waals surface area contributed by atoms with Crippen molar-refractivity contribution in [2.45, 2.75) is 38.2 Å². The number of hydrogen-bond acceptors (Lipinski definition) is 3. The third-order valence-electron chi connectivity index (χ3n) is 3.03. The molecule has 0 saturated carbocycles. The van der Waals surface area contributed by atoms with Gasteiger partial charge in [-0.05, 0) is 37.3 Å². The number of thiophene rings is 1. The number of ether oxygens (including phenoxy) is 1. The molecular weight excluding hydrogens is 220 g/mol. The maximum atomic E-state index is 10.3. The zero-order valence-electron chi connectivity index (χ0n) is 9.61. The highest BCUT2D eigenvalue weighted by Gasteiger charge is 2.16. The van der Waals surface area contributed by atoms with Gasteiger partial charge in [-0.25, -0.2) is 0 Å². The molecule has 0 aromatic carbocycles. The van der Waals surface area contributed by atoms with Gasteiger partial charge in [0, 0.05) is 10.3 Å². The van der Waals surface area contributed by atoms with Crippen LogP contribution in [0.4, 0.5) is 0 Å². The molecule has 1 N–H and O–H groups in total. The van der Waals surface area contributed by atoms with E-state index in [0.29, 0.717) is 0 Å². The fourth-order valence-corrected chi connectivity index (χ4v) is 2.94. The lowest BCUT2D eigenvalue weighted by atomic mass is 10.0. The highest BCUT2D eigenvalue weighted by molar-refractivity contribution is 7.10. The first-order valence-electron chi connectivity index (χ1n) is 5.80. The Kier molecular flexibility index (Phi) is 4.02. The highest BCUT2D eigenvalue weighted by Crippen LogP contribution is 2.34. The normalized spacial score (nSPS) is 18.8. The summed E-state index contributed by atoms with van der Waals surface area (Å²) < 4.78 is 5.14. The fraction of sp³-hybridized carbons (Fsp3) is 0.538. The molecule has 0 spiro atoms. The van der Waals surface area contributed by atoms with Gasteiger partial charge in [0.1, 0.15) is 11.9 Å². The monoisotopic (exact) mass is 238 g/mol. The van der Waals surface area contributed by atoms with Crippen LogP contribution >= 0.6 is 11.3 Å². The molecular formula is C13H18O2S. The molecule has 2 nitrogen and oxygen atoms in total. The predicted octanol–water partition coefficient (Wildman–Crippen LogP) is 3.68. The van der Waals surface area contributed by atoms with Crippen LogP contribution in [-0.4, -0.2) is 12.2 Å². The summed E-state index contributed by atoms with van der Waals surface area (Å²) in [6, 6.07) is 1.93. The van der Waals surface area contributed by atoms with E-state index in [0.717, 1.165) is 23.5 Å². The van der Waals surface area contributed by atoms with Gasteiger partial charge in [0.05, 0.1) is 7.11 Å². The van der Waals surface area contributed by atoms with Crippen molar-refractivity contribution in [1.82, 2.24) is 0 Å². The van der Waals surface area contributed by atoms with Gasteiger partial charge in [-0.2, -0.15) is 0 Å². The number of aliphatic hydroxyl groups is 1. The van der Waals surface area contributed by atoms with Crippen LogP contribution in [0.2, 0.25) is 0 Å². The first kappa shape index (κ1) is 11.7. The van der Waals surface area contributed by atoms with Gasteiger partial charge in [-0.15, -0.1) is 11.3 Å². The van der Waals surface area contributed by atoms with Gasteiger partial charge in [-0.3, -0.25) is 0 Å². The zero-order valence-corrected chi connectivity index (χ0v) is 10.4. The second-order valence-electron chi connectivity index (χ2n) is 4.17. The quantitative estimate of drug-likeness (QED) is 0.814. The molecule has 0 fully saturated rings. The average molecular weight is 238 g/mol. The minimum atomic E-state index is -0.424. The Hall–Kier alpha value is -0.800. The molecule has 88 valence electrons. The second kappa shape index (κ2) is 5.51. The number of aliphatic hydroxyl groups excluding tert-OH is 1. The smallest absolute Gasteiger partial charge is 0.129 e. The Morgan fingerprint density at radius 2 is 2.25 bits per heavy atom. The van der Waals surface area contributed by atoms with Crippen LogP contribution in [0.5, 0.6) is 5.75 Å². The summed E-state index contributed by atoms with van der Waals surface area (Å²) in [7, 11) is 1.66. The van der Waals surface area contributed by atoms with Crippen LogP contribution in [-0.2, 0) is 0 Å². The molecule has 1 aromatic rings. The molecule has 1 aromatic heterocycles. The molecule has 1 heterocycles. The molecule has 0 saturated heterocycles. The first-order chi connectivity index (χ1) is 7.81.